The van der Waals surface area contributed by atoms with Crippen LogP contribution in [0.3, 0.4) is 0 Å². The molecule has 0 aromatic heterocycles. The number of benzene rings is 2. The molecule has 0 fully saturated rings. The van der Waals surface area contributed by atoms with Crippen LogP contribution in [0.1, 0.15) is 83.2 Å². The van der Waals surface area contributed by atoms with Gasteiger partial charge in [-0.1, -0.05) is 110 Å². The predicted octanol–water partition coefficient (Wildman–Crippen LogP) is 7.87. The van der Waals surface area contributed by atoms with Gasteiger partial charge in [0.05, 0.1) is 0 Å². The third-order valence-electron chi connectivity index (χ3n) is 7.02. The molecule has 4 rings (SSSR count). The van der Waals surface area contributed by atoms with Crippen LogP contribution in [0.15, 0.2) is 54.6 Å². The van der Waals surface area contributed by atoms with Gasteiger partial charge in [-0.25, -0.2) is 0 Å². The van der Waals surface area contributed by atoms with Crippen molar-refractivity contribution in [1.29, 1.82) is 0 Å². The summed E-state index contributed by atoms with van der Waals surface area (Å²) in [5, 5.41) is 0. The van der Waals surface area contributed by atoms with Crippen molar-refractivity contribution in [2.75, 3.05) is 0 Å². The molecule has 0 aliphatic heterocycles. The summed E-state index contributed by atoms with van der Waals surface area (Å²) in [5.41, 5.74) is 10.7. The molecule has 0 nitrogen and oxygen atoms in total. The zero-order valence-corrected chi connectivity index (χ0v) is 19.5. The maximum atomic E-state index is 2.51. The van der Waals surface area contributed by atoms with Gasteiger partial charge in [-0.05, 0) is 61.6 Å². The van der Waals surface area contributed by atoms with E-state index < -0.39 is 0 Å². The van der Waals surface area contributed by atoms with Gasteiger partial charge in [-0.3, -0.25) is 0 Å². The second-order valence-electron chi connectivity index (χ2n) is 11.6. The lowest BCUT2D eigenvalue weighted by Crippen LogP contribution is -2.28. The van der Waals surface area contributed by atoms with Crippen LogP contribution < -0.4 is 0 Å². The molecule has 2 aliphatic carbocycles. The molecule has 2 aliphatic rings. The van der Waals surface area contributed by atoms with E-state index in [0.29, 0.717) is 5.92 Å². The first kappa shape index (κ1) is 20.2. The highest BCUT2D eigenvalue weighted by atomic mass is 14.4. The van der Waals surface area contributed by atoms with Crippen LogP contribution in [0.2, 0.25) is 0 Å². The first-order valence-electron chi connectivity index (χ1n) is 11.1. The summed E-state index contributed by atoms with van der Waals surface area (Å²) in [7, 11) is 0. The van der Waals surface area contributed by atoms with E-state index in [0.717, 1.165) is 6.42 Å². The van der Waals surface area contributed by atoms with E-state index in [1.807, 2.05) is 0 Å². The Morgan fingerprint density at radius 3 is 1.86 bits per heavy atom. The standard InChI is InChI=1S/C29H36/c1-27(2,3)21-14-13-19-15-25-24(23(19)16-21)17-22(28(4,5)6)18-26(25)29(7,8)20-11-9-10-12-20/h9-14,16-18,20H,15H2,1-8H3. The van der Waals surface area contributed by atoms with Crippen LogP contribution in [-0.4, -0.2) is 0 Å². The van der Waals surface area contributed by atoms with Crippen LogP contribution in [0.5, 0.6) is 0 Å². The zero-order chi connectivity index (χ0) is 21.2. The van der Waals surface area contributed by atoms with E-state index >= 15 is 0 Å². The molecule has 29 heavy (non-hydrogen) atoms. The minimum Gasteiger partial charge on any atom is -0.0768 e. The molecule has 0 saturated carbocycles. The van der Waals surface area contributed by atoms with Gasteiger partial charge in [0.25, 0.3) is 0 Å². The molecule has 0 radical (unpaired) electrons. The SMILES string of the molecule is CC(C)(C)c1ccc2c(c1)-c1cc(C(C)(C)C)cc(C(C)(C)C3C=CC=C3)c1C2. The van der Waals surface area contributed by atoms with Crippen molar-refractivity contribution in [3.05, 3.63) is 82.5 Å². The van der Waals surface area contributed by atoms with Crippen LogP contribution in [-0.2, 0) is 22.7 Å². The van der Waals surface area contributed by atoms with Gasteiger partial charge in [-0.2, -0.15) is 0 Å². The van der Waals surface area contributed by atoms with E-state index in [4.69, 9.17) is 0 Å². The average Bonchev–Trinajstić information content (AvgIpc) is 3.27. The van der Waals surface area contributed by atoms with E-state index in [1.54, 1.807) is 0 Å². The monoisotopic (exact) mass is 384 g/mol. The van der Waals surface area contributed by atoms with Gasteiger partial charge in [0.15, 0.2) is 0 Å². The quantitative estimate of drug-likeness (QED) is 0.421. The summed E-state index contributed by atoms with van der Waals surface area (Å²) in [5.74, 6) is 0.454. The van der Waals surface area contributed by atoms with Crippen LogP contribution in [0.25, 0.3) is 11.1 Å². The van der Waals surface area contributed by atoms with E-state index in [-0.39, 0.29) is 16.2 Å². The Balaban J connectivity index is 1.95. The molecule has 0 bridgehead atoms. The normalized spacial score (nSPS) is 16.4. The van der Waals surface area contributed by atoms with Gasteiger partial charge >= 0.3 is 0 Å². The fourth-order valence-electron chi connectivity index (χ4n) is 4.84. The summed E-state index contributed by atoms with van der Waals surface area (Å²) < 4.78 is 0. The van der Waals surface area contributed by atoms with E-state index in [1.165, 1.54) is 38.9 Å². The van der Waals surface area contributed by atoms with Gasteiger partial charge in [0.2, 0.25) is 0 Å². The van der Waals surface area contributed by atoms with Crippen molar-refractivity contribution in [3.63, 3.8) is 0 Å². The molecule has 0 spiro atoms. The van der Waals surface area contributed by atoms with Gasteiger partial charge in [0, 0.05) is 5.92 Å². The van der Waals surface area contributed by atoms with Gasteiger partial charge in [0.1, 0.15) is 0 Å². The Morgan fingerprint density at radius 2 is 1.28 bits per heavy atom. The maximum absolute atomic E-state index is 2.51. The lowest BCUT2D eigenvalue weighted by atomic mass is 9.70. The van der Waals surface area contributed by atoms with Gasteiger partial charge < -0.3 is 0 Å². The highest BCUT2D eigenvalue weighted by Gasteiger charge is 2.35. The molecular formula is C29H36. The third kappa shape index (κ3) is 3.41. The Hall–Kier alpha value is -2.08. The molecule has 0 saturated heterocycles. The second kappa shape index (κ2) is 6.46. The van der Waals surface area contributed by atoms with Gasteiger partial charge in [-0.15, -0.1) is 0 Å². The molecule has 2 aromatic carbocycles. The summed E-state index contributed by atoms with van der Waals surface area (Å²) in [6.07, 6.45) is 10.2. The van der Waals surface area contributed by atoms with Crippen LogP contribution in [0, 0.1) is 5.92 Å². The third-order valence-corrected chi connectivity index (χ3v) is 7.02. The second-order valence-corrected chi connectivity index (χ2v) is 11.6. The van der Waals surface area contributed by atoms with E-state index in [2.05, 4.69) is 110 Å². The molecule has 2 aromatic rings. The van der Waals surface area contributed by atoms with Crippen molar-refractivity contribution in [2.45, 2.75) is 78.1 Å². The zero-order valence-electron chi connectivity index (χ0n) is 19.5. The lowest BCUT2D eigenvalue weighted by Gasteiger charge is -2.34. The van der Waals surface area contributed by atoms with Crippen molar-refractivity contribution in [3.8, 4) is 11.1 Å². The lowest BCUT2D eigenvalue weighted by molar-refractivity contribution is 0.443. The molecule has 0 unspecified atom stereocenters. The number of fused-ring (bicyclic) bond motifs is 3. The van der Waals surface area contributed by atoms with Crippen LogP contribution >= 0.6 is 0 Å². The summed E-state index contributed by atoms with van der Waals surface area (Å²) in [6.45, 7) is 18.8. The smallest absolute Gasteiger partial charge is 0.00446 e. The number of allylic oxidation sites excluding steroid dienone is 4. The Morgan fingerprint density at radius 1 is 0.690 bits per heavy atom. The Labute approximate surface area is 177 Å². The summed E-state index contributed by atoms with van der Waals surface area (Å²) in [4.78, 5) is 0. The summed E-state index contributed by atoms with van der Waals surface area (Å²) >= 11 is 0. The maximum Gasteiger partial charge on any atom is 0.00446 e. The first-order chi connectivity index (χ1) is 13.4. The van der Waals surface area contributed by atoms with Crippen LogP contribution in [0.4, 0.5) is 0 Å². The molecule has 0 atom stereocenters. The van der Waals surface area contributed by atoms with Crippen molar-refractivity contribution >= 4 is 0 Å². The molecule has 0 heterocycles. The number of hydrogen-bond donors (Lipinski definition) is 0. The van der Waals surface area contributed by atoms with E-state index in [9.17, 15) is 0 Å². The molecule has 152 valence electrons. The highest BCUT2D eigenvalue weighted by molar-refractivity contribution is 5.80. The number of rotatable bonds is 2. The van der Waals surface area contributed by atoms with Crippen molar-refractivity contribution < 1.29 is 0 Å². The Bertz CT molecular complexity index is 1000. The van der Waals surface area contributed by atoms with Crippen molar-refractivity contribution in [1.82, 2.24) is 0 Å². The highest BCUT2D eigenvalue weighted by Crippen LogP contribution is 2.48. The minimum atomic E-state index is 0.0732. The molecule has 0 N–H and O–H groups in total. The predicted molar refractivity (Wildman–Crippen MR) is 127 cm³/mol. The summed E-state index contributed by atoms with van der Waals surface area (Å²) in [6, 6.07) is 12.2. The van der Waals surface area contributed by atoms with Crippen molar-refractivity contribution in [2.24, 2.45) is 5.92 Å². The largest absolute Gasteiger partial charge is 0.0768 e. The minimum absolute atomic E-state index is 0.0732. The fourth-order valence-corrected chi connectivity index (χ4v) is 4.84. The topological polar surface area (TPSA) is 0 Å². The molecule has 0 heteroatoms. The fraction of sp³-hybridized carbons (Fsp3) is 0.448. The Kier molecular flexibility index (Phi) is 4.50. The molecule has 0 amide bonds. The molecular weight excluding hydrogens is 348 g/mol. The average molecular weight is 385 g/mol. The number of hydrogen-bond acceptors (Lipinski definition) is 0. The first-order valence-corrected chi connectivity index (χ1v) is 11.1.